The quantitative estimate of drug-likeness (QED) is 0.858. The molecular weight excluding hydrogens is 316 g/mol. The van der Waals surface area contributed by atoms with Crippen molar-refractivity contribution in [1.82, 2.24) is 4.57 Å². The van der Waals surface area contributed by atoms with Gasteiger partial charge in [0.25, 0.3) is 5.91 Å². The van der Waals surface area contributed by atoms with Gasteiger partial charge in [0, 0.05) is 24.7 Å². The highest BCUT2D eigenvalue weighted by Crippen LogP contribution is 2.68. The van der Waals surface area contributed by atoms with Crippen molar-refractivity contribution in [2.45, 2.75) is 40.7 Å². The topological polar surface area (TPSA) is 80.9 Å². The Morgan fingerprint density at radius 3 is 2.43 bits per heavy atom. The molecule has 1 fully saturated rings. The summed E-state index contributed by atoms with van der Waals surface area (Å²) in [6.07, 6.45) is -0.0929. The van der Waals surface area contributed by atoms with E-state index in [1.54, 1.807) is 17.1 Å². The fourth-order valence-electron chi connectivity index (χ4n) is 3.14. The average molecular weight is 340 g/mol. The number of hydrogen-bond acceptors (Lipinski definition) is 4. The Morgan fingerprint density at radius 1 is 1.35 bits per heavy atom. The van der Waals surface area contributed by atoms with Crippen LogP contribution in [0.15, 0.2) is 10.4 Å². The third-order valence-corrected chi connectivity index (χ3v) is 6.12. The fraction of sp³-hybridized carbons (Fsp3) is 0.688. The number of hydrogen-bond donors (Lipinski definition) is 1. The minimum atomic E-state index is -0.906. The Hall–Kier alpha value is -1.47. The third-order valence-electron chi connectivity index (χ3n) is 5.20. The third kappa shape index (κ3) is 3.26. The molecule has 0 unspecified atom stereocenters. The van der Waals surface area contributed by atoms with Crippen molar-refractivity contribution in [1.29, 1.82) is 0 Å². The van der Waals surface area contributed by atoms with Gasteiger partial charge in [-0.1, -0.05) is 27.7 Å². The number of carboxylic acid groups (broad SMARTS) is 1. The molecule has 1 aromatic heterocycles. The van der Waals surface area contributed by atoms with Crippen molar-refractivity contribution >= 4 is 23.2 Å². The predicted molar refractivity (Wildman–Crippen MR) is 87.1 cm³/mol. The monoisotopic (exact) mass is 340 g/mol. The van der Waals surface area contributed by atoms with Crippen LogP contribution in [0.3, 0.4) is 0 Å². The number of carbonyl (C=O) groups excluding carboxylic acids is 1. The van der Waals surface area contributed by atoms with Gasteiger partial charge in [0.15, 0.2) is 4.80 Å². The van der Waals surface area contributed by atoms with E-state index in [9.17, 15) is 9.59 Å². The smallest absolute Gasteiger partial charge is 0.309 e. The van der Waals surface area contributed by atoms with E-state index in [4.69, 9.17) is 9.84 Å². The molecule has 7 heteroatoms. The maximum absolute atomic E-state index is 12.5. The number of aliphatic carboxylic acids is 1. The Bertz CT molecular complexity index is 670. The molecule has 0 bridgehead atoms. The van der Waals surface area contributed by atoms with Crippen LogP contribution in [-0.2, 0) is 27.3 Å². The number of rotatable bonds is 6. The molecule has 2 rings (SSSR count). The summed E-state index contributed by atoms with van der Waals surface area (Å²) in [5.74, 6) is -1.14. The number of amides is 1. The predicted octanol–water partition coefficient (Wildman–Crippen LogP) is 1.93. The van der Waals surface area contributed by atoms with Gasteiger partial charge < -0.3 is 14.4 Å². The largest absolute Gasteiger partial charge is 0.481 e. The van der Waals surface area contributed by atoms with Crippen LogP contribution in [0.25, 0.3) is 0 Å². The van der Waals surface area contributed by atoms with Crippen LogP contribution in [0.5, 0.6) is 0 Å². The molecule has 6 nitrogen and oxygen atoms in total. The van der Waals surface area contributed by atoms with Crippen LogP contribution in [0.2, 0.25) is 0 Å². The summed E-state index contributed by atoms with van der Waals surface area (Å²) in [6, 6.07) is 0. The van der Waals surface area contributed by atoms with Gasteiger partial charge >= 0.3 is 5.97 Å². The molecule has 1 N–H and O–H groups in total. The lowest BCUT2D eigenvalue weighted by molar-refractivity contribution is -0.136. The van der Waals surface area contributed by atoms with Crippen LogP contribution >= 0.6 is 11.3 Å². The van der Waals surface area contributed by atoms with Crippen LogP contribution in [-0.4, -0.2) is 35.3 Å². The molecule has 0 aliphatic heterocycles. The van der Waals surface area contributed by atoms with E-state index < -0.39 is 5.97 Å². The molecule has 0 atom stereocenters. The van der Waals surface area contributed by atoms with Crippen LogP contribution in [0.4, 0.5) is 0 Å². The highest BCUT2D eigenvalue weighted by Gasteiger charge is 2.68. The summed E-state index contributed by atoms with van der Waals surface area (Å²) < 4.78 is 6.84. The Labute approximate surface area is 139 Å². The highest BCUT2D eigenvalue weighted by molar-refractivity contribution is 7.07. The molecule has 23 heavy (non-hydrogen) atoms. The lowest BCUT2D eigenvalue weighted by atomic mass is 10.0. The van der Waals surface area contributed by atoms with Crippen molar-refractivity contribution in [2.24, 2.45) is 21.7 Å². The van der Waals surface area contributed by atoms with Gasteiger partial charge in [0.2, 0.25) is 0 Å². The first-order valence-corrected chi connectivity index (χ1v) is 8.47. The van der Waals surface area contributed by atoms with E-state index in [1.807, 2.05) is 0 Å². The SMILES string of the molecule is COCCn1c(CC(=O)O)csc1=NC(=O)C1C(C)(C)C1(C)C. The van der Waals surface area contributed by atoms with E-state index in [0.717, 1.165) is 0 Å². The standard InChI is InChI=1S/C16H24N2O4S/c1-15(2)12(16(15,3)4)13(21)17-14-18(6-7-22-5)10(9-23-14)8-11(19)20/h9,12H,6-8H2,1-5H3,(H,19,20). The lowest BCUT2D eigenvalue weighted by Gasteiger charge is -2.06. The number of aromatic nitrogens is 1. The molecule has 0 radical (unpaired) electrons. The van der Waals surface area contributed by atoms with Gasteiger partial charge in [0.05, 0.1) is 18.9 Å². The van der Waals surface area contributed by atoms with Gasteiger partial charge in [-0.05, 0) is 10.8 Å². The normalized spacial score (nSPS) is 19.8. The van der Waals surface area contributed by atoms with E-state index >= 15 is 0 Å². The Morgan fingerprint density at radius 2 is 1.96 bits per heavy atom. The van der Waals surface area contributed by atoms with Crippen molar-refractivity contribution in [2.75, 3.05) is 13.7 Å². The molecule has 1 aliphatic rings. The van der Waals surface area contributed by atoms with Gasteiger partial charge in [-0.2, -0.15) is 4.99 Å². The number of nitrogens with zero attached hydrogens (tertiary/aromatic N) is 2. The van der Waals surface area contributed by atoms with E-state index in [-0.39, 0.29) is 29.1 Å². The number of ether oxygens (including phenoxy) is 1. The first kappa shape index (κ1) is 17.9. The average Bonchev–Trinajstić information content (AvgIpc) is 2.66. The number of methoxy groups -OCH3 is 1. The van der Waals surface area contributed by atoms with Crippen LogP contribution in [0.1, 0.15) is 33.4 Å². The van der Waals surface area contributed by atoms with E-state index in [1.165, 1.54) is 11.3 Å². The molecule has 1 amide bonds. The van der Waals surface area contributed by atoms with E-state index in [0.29, 0.717) is 23.6 Å². The van der Waals surface area contributed by atoms with Crippen molar-refractivity contribution < 1.29 is 19.4 Å². The molecule has 0 aromatic carbocycles. The summed E-state index contributed by atoms with van der Waals surface area (Å²) in [6.45, 7) is 9.22. The number of carbonyl (C=O) groups is 2. The molecule has 128 valence electrons. The van der Waals surface area contributed by atoms with Gasteiger partial charge in [-0.15, -0.1) is 11.3 Å². The maximum Gasteiger partial charge on any atom is 0.309 e. The second kappa shape index (κ2) is 6.20. The molecule has 0 saturated heterocycles. The molecule has 1 saturated carbocycles. The summed E-state index contributed by atoms with van der Waals surface area (Å²) >= 11 is 1.30. The molecular formula is C16H24N2O4S. The first-order valence-electron chi connectivity index (χ1n) is 7.59. The summed E-state index contributed by atoms with van der Waals surface area (Å²) in [4.78, 5) is 28.4. The minimum absolute atomic E-state index is 0.0634. The molecule has 1 heterocycles. The highest BCUT2D eigenvalue weighted by atomic mass is 32.1. The van der Waals surface area contributed by atoms with Crippen molar-refractivity contribution in [3.05, 3.63) is 15.9 Å². The second-order valence-electron chi connectivity index (χ2n) is 7.05. The Kier molecular flexibility index (Phi) is 4.82. The van der Waals surface area contributed by atoms with Crippen molar-refractivity contribution in [3.63, 3.8) is 0 Å². The first-order chi connectivity index (χ1) is 10.6. The van der Waals surface area contributed by atoms with Crippen molar-refractivity contribution in [3.8, 4) is 0 Å². The summed E-state index contributed by atoms with van der Waals surface area (Å²) in [7, 11) is 1.58. The van der Waals surface area contributed by atoms with Gasteiger partial charge in [0.1, 0.15) is 0 Å². The summed E-state index contributed by atoms with van der Waals surface area (Å²) in [5, 5.41) is 10.8. The lowest BCUT2D eigenvalue weighted by Crippen LogP contribution is -2.23. The maximum atomic E-state index is 12.5. The number of carboxylic acids is 1. The zero-order valence-corrected chi connectivity index (χ0v) is 15.1. The molecule has 1 aliphatic carbocycles. The molecule has 0 spiro atoms. The van der Waals surface area contributed by atoms with Gasteiger partial charge in [-0.25, -0.2) is 0 Å². The second-order valence-corrected chi connectivity index (χ2v) is 7.89. The van der Waals surface area contributed by atoms with Crippen LogP contribution < -0.4 is 4.80 Å². The fourth-order valence-corrected chi connectivity index (χ4v) is 4.07. The zero-order chi connectivity index (χ0) is 17.4. The summed E-state index contributed by atoms with van der Waals surface area (Å²) in [5.41, 5.74) is 0.512. The van der Waals surface area contributed by atoms with E-state index in [2.05, 4.69) is 32.7 Å². The zero-order valence-electron chi connectivity index (χ0n) is 14.3. The van der Waals surface area contributed by atoms with Crippen LogP contribution in [0, 0.1) is 16.7 Å². The minimum Gasteiger partial charge on any atom is -0.481 e. The Balaban J connectivity index is 2.33. The molecule has 1 aromatic rings. The van der Waals surface area contributed by atoms with Gasteiger partial charge in [-0.3, -0.25) is 9.59 Å². The number of thiazole rings is 1.